The third kappa shape index (κ3) is 11.6. The van der Waals surface area contributed by atoms with E-state index >= 15 is 0 Å². The van der Waals surface area contributed by atoms with Crippen LogP contribution in [0.2, 0.25) is 0 Å². The Morgan fingerprint density at radius 1 is 1.38 bits per heavy atom. The molecule has 94 valence electrons. The summed E-state index contributed by atoms with van der Waals surface area (Å²) in [5, 5.41) is 6.21. The summed E-state index contributed by atoms with van der Waals surface area (Å²) in [4.78, 5) is 4.42. The van der Waals surface area contributed by atoms with Gasteiger partial charge in [-0.2, -0.15) is 0 Å². The first kappa shape index (κ1) is 17.9. The molecule has 0 bridgehead atoms. The zero-order chi connectivity index (χ0) is 11.5. The lowest BCUT2D eigenvalue weighted by atomic mass is 10.1. The maximum absolute atomic E-state index is 5.17. The van der Waals surface area contributed by atoms with Gasteiger partial charge in [-0.3, -0.25) is 4.99 Å². The normalized spacial score (nSPS) is 10.6. The number of nitrogens with one attached hydrogen (secondary N) is 2. The molecule has 0 saturated heterocycles. The molecule has 16 heavy (non-hydrogen) atoms. The summed E-state index contributed by atoms with van der Waals surface area (Å²) in [7, 11) is 0. The second kappa shape index (κ2) is 12.6. The summed E-state index contributed by atoms with van der Waals surface area (Å²) in [6, 6.07) is 0. The van der Waals surface area contributed by atoms with E-state index in [9.17, 15) is 0 Å². The average molecular weight is 337 g/mol. The lowest BCUT2D eigenvalue weighted by Crippen LogP contribution is -2.37. The molecule has 0 aliphatic heterocycles. The minimum atomic E-state index is 0. The highest BCUT2D eigenvalue weighted by Crippen LogP contribution is 2.02. The Kier molecular flexibility index (Phi) is 14.2. The molecule has 0 saturated carbocycles. The summed E-state index contributed by atoms with van der Waals surface area (Å²) in [5.41, 5.74) is 0. The molecule has 0 aliphatic carbocycles. The Hall–Kier alpha value is -0.440. The molecule has 2 N–H and O–H groups in total. The molecule has 0 atom stereocenters. The summed E-state index contributed by atoms with van der Waals surface area (Å²) >= 11 is 0. The molecule has 0 unspecified atom stereocenters. The van der Waals surface area contributed by atoms with Gasteiger partial charge in [0.05, 0.1) is 6.54 Å². The first-order valence-corrected chi connectivity index (χ1v) is 5.66. The van der Waals surface area contributed by atoms with Crippen molar-refractivity contribution in [3.05, 3.63) is 0 Å². The van der Waals surface area contributed by atoms with Crippen molar-refractivity contribution in [1.29, 1.82) is 0 Å². The van der Waals surface area contributed by atoms with Crippen molar-refractivity contribution >= 4 is 29.9 Å². The van der Waals surface area contributed by atoms with E-state index in [0.29, 0.717) is 6.54 Å². The summed E-state index contributed by atoms with van der Waals surface area (Å²) in [6.07, 6.45) is 7.52. The molecule has 4 heteroatoms. The molecule has 0 heterocycles. The first-order valence-electron chi connectivity index (χ1n) is 5.66. The van der Waals surface area contributed by atoms with Gasteiger partial charge in [0.2, 0.25) is 0 Å². The number of hydrogen-bond donors (Lipinski definition) is 2. The van der Waals surface area contributed by atoms with E-state index < -0.39 is 0 Å². The molecule has 3 nitrogen and oxygen atoms in total. The van der Waals surface area contributed by atoms with Gasteiger partial charge in [0.1, 0.15) is 0 Å². The van der Waals surface area contributed by atoms with Gasteiger partial charge in [0.15, 0.2) is 5.96 Å². The molecule has 0 spiro atoms. The Morgan fingerprint density at radius 2 is 2.06 bits per heavy atom. The molecule has 0 aromatic heterocycles. The van der Waals surface area contributed by atoms with Crippen LogP contribution in [-0.4, -0.2) is 25.6 Å². The van der Waals surface area contributed by atoms with Gasteiger partial charge < -0.3 is 10.6 Å². The molecule has 0 radical (unpaired) electrons. The third-order valence-corrected chi connectivity index (χ3v) is 1.91. The number of halogens is 1. The monoisotopic (exact) mass is 337 g/mol. The fourth-order valence-electron chi connectivity index (χ4n) is 1.17. The second-order valence-corrected chi connectivity index (χ2v) is 3.85. The smallest absolute Gasteiger partial charge is 0.192 e. The Balaban J connectivity index is 0. The average Bonchev–Trinajstić information content (AvgIpc) is 2.20. The predicted octanol–water partition coefficient (Wildman–Crippen LogP) is 2.23. The topological polar surface area (TPSA) is 36.4 Å². The van der Waals surface area contributed by atoms with E-state index in [0.717, 1.165) is 31.4 Å². The fourth-order valence-corrected chi connectivity index (χ4v) is 1.17. The van der Waals surface area contributed by atoms with Crippen LogP contribution in [0.3, 0.4) is 0 Å². The number of guanidine groups is 1. The number of terminal acetylenes is 1. The van der Waals surface area contributed by atoms with Crippen molar-refractivity contribution in [2.24, 2.45) is 10.9 Å². The number of rotatable bonds is 6. The first-order chi connectivity index (χ1) is 7.20. The minimum Gasteiger partial charge on any atom is -0.357 e. The van der Waals surface area contributed by atoms with Crippen molar-refractivity contribution in [3.8, 4) is 12.3 Å². The van der Waals surface area contributed by atoms with E-state index in [4.69, 9.17) is 6.42 Å². The van der Waals surface area contributed by atoms with Crippen LogP contribution in [0.15, 0.2) is 4.99 Å². The molecule has 0 rings (SSSR count). The van der Waals surface area contributed by atoms with Crippen molar-refractivity contribution < 1.29 is 0 Å². The zero-order valence-electron chi connectivity index (χ0n) is 10.5. The minimum absolute atomic E-state index is 0. The standard InChI is InChI=1S/C12H23N3.HI/c1-5-9-14-12(13-6-2)15-10-7-8-11(3)4;/h1,11H,6-10H2,2-4H3,(H2,13,14,15);1H. The zero-order valence-corrected chi connectivity index (χ0v) is 12.9. The third-order valence-electron chi connectivity index (χ3n) is 1.91. The number of nitrogens with zero attached hydrogens (tertiary/aromatic N) is 1. The maximum atomic E-state index is 5.17. The predicted molar refractivity (Wildman–Crippen MR) is 82.3 cm³/mol. The highest BCUT2D eigenvalue weighted by atomic mass is 127. The Morgan fingerprint density at radius 3 is 2.56 bits per heavy atom. The van der Waals surface area contributed by atoms with Crippen molar-refractivity contribution in [2.75, 3.05) is 19.6 Å². The van der Waals surface area contributed by atoms with E-state index in [2.05, 4.69) is 35.4 Å². The summed E-state index contributed by atoms with van der Waals surface area (Å²) < 4.78 is 0. The summed E-state index contributed by atoms with van der Waals surface area (Å²) in [6.45, 7) is 8.74. The van der Waals surface area contributed by atoms with Crippen LogP contribution in [0.1, 0.15) is 33.6 Å². The lowest BCUT2D eigenvalue weighted by molar-refractivity contribution is 0.560. The molecule has 0 aromatic rings. The van der Waals surface area contributed by atoms with Crippen LogP contribution in [-0.2, 0) is 0 Å². The van der Waals surface area contributed by atoms with Crippen molar-refractivity contribution in [1.82, 2.24) is 10.6 Å². The van der Waals surface area contributed by atoms with E-state index in [1.807, 2.05) is 6.92 Å². The van der Waals surface area contributed by atoms with Crippen LogP contribution in [0, 0.1) is 18.3 Å². The van der Waals surface area contributed by atoms with Crippen LogP contribution in [0.4, 0.5) is 0 Å². The van der Waals surface area contributed by atoms with Gasteiger partial charge in [-0.15, -0.1) is 30.4 Å². The molecular weight excluding hydrogens is 313 g/mol. The van der Waals surface area contributed by atoms with Gasteiger partial charge in [0.25, 0.3) is 0 Å². The quantitative estimate of drug-likeness (QED) is 0.256. The Bertz CT molecular complexity index is 219. The van der Waals surface area contributed by atoms with Crippen molar-refractivity contribution in [3.63, 3.8) is 0 Å². The maximum Gasteiger partial charge on any atom is 0.192 e. The molecular formula is C12H24IN3. The number of aliphatic imine (C=N–C) groups is 1. The largest absolute Gasteiger partial charge is 0.357 e. The van der Waals surface area contributed by atoms with Crippen LogP contribution in [0.25, 0.3) is 0 Å². The van der Waals surface area contributed by atoms with E-state index in [-0.39, 0.29) is 24.0 Å². The van der Waals surface area contributed by atoms with Crippen LogP contribution >= 0.6 is 24.0 Å². The van der Waals surface area contributed by atoms with Gasteiger partial charge in [-0.25, -0.2) is 0 Å². The van der Waals surface area contributed by atoms with E-state index in [1.54, 1.807) is 0 Å². The van der Waals surface area contributed by atoms with Gasteiger partial charge >= 0.3 is 0 Å². The SMILES string of the molecule is C#CCNC(=NCCCC(C)C)NCC.I. The van der Waals surface area contributed by atoms with Gasteiger partial charge in [-0.05, 0) is 25.7 Å². The Labute approximate surface area is 117 Å². The van der Waals surface area contributed by atoms with Gasteiger partial charge in [0, 0.05) is 13.1 Å². The van der Waals surface area contributed by atoms with Crippen LogP contribution < -0.4 is 10.6 Å². The van der Waals surface area contributed by atoms with Crippen LogP contribution in [0.5, 0.6) is 0 Å². The molecule has 0 aromatic carbocycles. The molecule has 0 amide bonds. The van der Waals surface area contributed by atoms with E-state index in [1.165, 1.54) is 6.42 Å². The molecule has 0 aliphatic rings. The highest BCUT2D eigenvalue weighted by Gasteiger charge is 1.95. The highest BCUT2D eigenvalue weighted by molar-refractivity contribution is 14.0. The molecule has 0 fully saturated rings. The van der Waals surface area contributed by atoms with Crippen molar-refractivity contribution in [2.45, 2.75) is 33.6 Å². The second-order valence-electron chi connectivity index (χ2n) is 3.85. The fraction of sp³-hybridized carbons (Fsp3) is 0.750. The number of hydrogen-bond acceptors (Lipinski definition) is 1. The lowest BCUT2D eigenvalue weighted by Gasteiger charge is -2.09. The van der Waals surface area contributed by atoms with Gasteiger partial charge in [-0.1, -0.05) is 19.8 Å². The summed E-state index contributed by atoms with van der Waals surface area (Å²) in [5.74, 6) is 4.10.